The molecule has 0 saturated carbocycles. The molecule has 1 rings (SSSR count). The SMILES string of the molecule is CCCC(=O)NCCNC(=O)COc1ccccc1. The van der Waals surface area contributed by atoms with Crippen molar-refractivity contribution in [2.24, 2.45) is 0 Å². The molecule has 0 aliphatic heterocycles. The highest BCUT2D eigenvalue weighted by molar-refractivity contribution is 5.78. The number of carbonyl (C=O) groups is 2. The van der Waals surface area contributed by atoms with Crippen molar-refractivity contribution in [3.63, 3.8) is 0 Å². The van der Waals surface area contributed by atoms with Gasteiger partial charge in [0.25, 0.3) is 5.91 Å². The molecule has 0 heterocycles. The second kappa shape index (κ2) is 8.97. The first-order valence-electron chi connectivity index (χ1n) is 6.43. The Labute approximate surface area is 113 Å². The van der Waals surface area contributed by atoms with Crippen molar-refractivity contribution in [1.82, 2.24) is 10.6 Å². The van der Waals surface area contributed by atoms with Gasteiger partial charge in [-0.15, -0.1) is 0 Å². The van der Waals surface area contributed by atoms with E-state index in [1.165, 1.54) is 0 Å². The molecule has 0 fully saturated rings. The van der Waals surface area contributed by atoms with Crippen LogP contribution in [-0.2, 0) is 9.59 Å². The quantitative estimate of drug-likeness (QED) is 0.691. The van der Waals surface area contributed by atoms with Gasteiger partial charge in [-0.1, -0.05) is 25.1 Å². The van der Waals surface area contributed by atoms with E-state index in [-0.39, 0.29) is 18.4 Å². The first-order valence-corrected chi connectivity index (χ1v) is 6.43. The lowest BCUT2D eigenvalue weighted by atomic mass is 10.3. The highest BCUT2D eigenvalue weighted by atomic mass is 16.5. The zero-order chi connectivity index (χ0) is 13.9. The summed E-state index contributed by atoms with van der Waals surface area (Å²) in [5.74, 6) is 0.472. The zero-order valence-electron chi connectivity index (χ0n) is 11.1. The minimum atomic E-state index is -0.200. The molecule has 2 N–H and O–H groups in total. The Kier molecular flexibility index (Phi) is 7.09. The number of rotatable bonds is 8. The summed E-state index contributed by atoms with van der Waals surface area (Å²) in [6, 6.07) is 9.15. The van der Waals surface area contributed by atoms with Gasteiger partial charge in [-0.25, -0.2) is 0 Å². The summed E-state index contributed by atoms with van der Waals surface area (Å²) in [5, 5.41) is 5.39. The Morgan fingerprint density at radius 2 is 1.68 bits per heavy atom. The summed E-state index contributed by atoms with van der Waals surface area (Å²) in [6.07, 6.45) is 1.34. The Balaban J connectivity index is 2.07. The summed E-state index contributed by atoms with van der Waals surface area (Å²) in [6.45, 7) is 2.78. The van der Waals surface area contributed by atoms with E-state index in [0.29, 0.717) is 25.3 Å². The van der Waals surface area contributed by atoms with Crippen molar-refractivity contribution in [3.05, 3.63) is 30.3 Å². The minimum absolute atomic E-state index is 0.0114. The van der Waals surface area contributed by atoms with Gasteiger partial charge in [0.1, 0.15) is 5.75 Å². The van der Waals surface area contributed by atoms with Gasteiger partial charge in [-0.2, -0.15) is 0 Å². The molecule has 19 heavy (non-hydrogen) atoms. The molecule has 1 aromatic rings. The van der Waals surface area contributed by atoms with E-state index in [2.05, 4.69) is 10.6 Å². The van der Waals surface area contributed by atoms with Crippen LogP contribution in [0.25, 0.3) is 0 Å². The van der Waals surface area contributed by atoms with Crippen molar-refractivity contribution in [3.8, 4) is 5.75 Å². The number of ether oxygens (including phenoxy) is 1. The van der Waals surface area contributed by atoms with Gasteiger partial charge < -0.3 is 15.4 Å². The van der Waals surface area contributed by atoms with Gasteiger partial charge >= 0.3 is 0 Å². The lowest BCUT2D eigenvalue weighted by molar-refractivity contribution is -0.124. The molecule has 0 aliphatic carbocycles. The third kappa shape index (κ3) is 7.08. The molecule has 0 aliphatic rings. The number of para-hydroxylation sites is 1. The van der Waals surface area contributed by atoms with E-state index in [1.54, 1.807) is 12.1 Å². The summed E-state index contributed by atoms with van der Waals surface area (Å²) in [4.78, 5) is 22.6. The normalized spacial score (nSPS) is 9.74. The fourth-order valence-corrected chi connectivity index (χ4v) is 1.44. The van der Waals surface area contributed by atoms with E-state index in [4.69, 9.17) is 4.74 Å². The van der Waals surface area contributed by atoms with Crippen LogP contribution in [0.3, 0.4) is 0 Å². The van der Waals surface area contributed by atoms with Crippen molar-refractivity contribution in [1.29, 1.82) is 0 Å². The highest BCUT2D eigenvalue weighted by Crippen LogP contribution is 2.07. The minimum Gasteiger partial charge on any atom is -0.484 e. The predicted octanol–water partition coefficient (Wildman–Crippen LogP) is 1.10. The molecule has 1 aromatic carbocycles. The number of nitrogens with one attached hydrogen (secondary N) is 2. The lowest BCUT2D eigenvalue weighted by Gasteiger charge is -2.08. The smallest absolute Gasteiger partial charge is 0.258 e. The molecule has 104 valence electrons. The van der Waals surface area contributed by atoms with Crippen molar-refractivity contribution >= 4 is 11.8 Å². The number of amides is 2. The van der Waals surface area contributed by atoms with Crippen molar-refractivity contribution in [2.45, 2.75) is 19.8 Å². The second-order valence-corrected chi connectivity index (χ2v) is 4.05. The summed E-state index contributed by atoms with van der Waals surface area (Å²) in [5.41, 5.74) is 0. The number of benzene rings is 1. The van der Waals surface area contributed by atoms with Crippen LogP contribution in [0.5, 0.6) is 5.75 Å². The third-order valence-electron chi connectivity index (χ3n) is 2.36. The van der Waals surface area contributed by atoms with Gasteiger partial charge in [0, 0.05) is 19.5 Å². The lowest BCUT2D eigenvalue weighted by Crippen LogP contribution is -2.36. The molecular weight excluding hydrogens is 244 g/mol. The van der Waals surface area contributed by atoms with Crippen LogP contribution in [0, 0.1) is 0 Å². The second-order valence-electron chi connectivity index (χ2n) is 4.05. The monoisotopic (exact) mass is 264 g/mol. The van der Waals surface area contributed by atoms with Gasteiger partial charge in [-0.05, 0) is 18.6 Å². The molecule has 0 radical (unpaired) electrons. The summed E-state index contributed by atoms with van der Waals surface area (Å²) < 4.78 is 5.29. The summed E-state index contributed by atoms with van der Waals surface area (Å²) in [7, 11) is 0. The zero-order valence-corrected chi connectivity index (χ0v) is 11.1. The maximum atomic E-state index is 11.4. The van der Waals surface area contributed by atoms with Crippen LogP contribution in [0.2, 0.25) is 0 Å². The molecular formula is C14H20N2O3. The van der Waals surface area contributed by atoms with E-state index < -0.39 is 0 Å². The molecule has 5 nitrogen and oxygen atoms in total. The summed E-state index contributed by atoms with van der Waals surface area (Å²) >= 11 is 0. The van der Waals surface area contributed by atoms with Gasteiger partial charge in [0.15, 0.2) is 6.61 Å². The maximum Gasteiger partial charge on any atom is 0.258 e. The van der Waals surface area contributed by atoms with E-state index in [1.807, 2.05) is 25.1 Å². The van der Waals surface area contributed by atoms with Gasteiger partial charge in [0.05, 0.1) is 0 Å². The van der Waals surface area contributed by atoms with Crippen molar-refractivity contribution in [2.75, 3.05) is 19.7 Å². The first kappa shape index (κ1) is 15.0. The fourth-order valence-electron chi connectivity index (χ4n) is 1.44. The fraction of sp³-hybridized carbons (Fsp3) is 0.429. The average molecular weight is 264 g/mol. The van der Waals surface area contributed by atoms with E-state index in [0.717, 1.165) is 6.42 Å². The Hall–Kier alpha value is -2.04. The van der Waals surface area contributed by atoms with Crippen LogP contribution in [-0.4, -0.2) is 31.5 Å². The number of hydrogen-bond donors (Lipinski definition) is 2. The number of carbonyl (C=O) groups excluding carboxylic acids is 2. The van der Waals surface area contributed by atoms with Crippen molar-refractivity contribution < 1.29 is 14.3 Å². The van der Waals surface area contributed by atoms with Crippen LogP contribution < -0.4 is 15.4 Å². The third-order valence-corrected chi connectivity index (χ3v) is 2.36. The molecule has 5 heteroatoms. The maximum absolute atomic E-state index is 11.4. The molecule has 0 unspecified atom stereocenters. The molecule has 0 spiro atoms. The Morgan fingerprint density at radius 3 is 2.32 bits per heavy atom. The standard InChI is InChI=1S/C14H20N2O3/c1-2-6-13(17)15-9-10-16-14(18)11-19-12-7-4-3-5-8-12/h3-5,7-8H,2,6,9-11H2,1H3,(H,15,17)(H,16,18). The highest BCUT2D eigenvalue weighted by Gasteiger charge is 2.02. The predicted molar refractivity (Wildman–Crippen MR) is 72.9 cm³/mol. The molecule has 0 atom stereocenters. The Bertz CT molecular complexity index is 393. The molecule has 0 aromatic heterocycles. The Morgan fingerprint density at radius 1 is 1.05 bits per heavy atom. The van der Waals surface area contributed by atoms with Gasteiger partial charge in [0.2, 0.25) is 5.91 Å². The van der Waals surface area contributed by atoms with E-state index >= 15 is 0 Å². The molecule has 2 amide bonds. The van der Waals surface area contributed by atoms with E-state index in [9.17, 15) is 9.59 Å². The largest absolute Gasteiger partial charge is 0.484 e. The number of hydrogen-bond acceptors (Lipinski definition) is 3. The van der Waals surface area contributed by atoms with Gasteiger partial charge in [-0.3, -0.25) is 9.59 Å². The van der Waals surface area contributed by atoms with Crippen LogP contribution in [0.4, 0.5) is 0 Å². The molecule has 0 saturated heterocycles. The first-order chi connectivity index (χ1) is 9.22. The van der Waals surface area contributed by atoms with Crippen LogP contribution in [0.1, 0.15) is 19.8 Å². The molecule has 0 bridgehead atoms. The topological polar surface area (TPSA) is 67.4 Å². The van der Waals surface area contributed by atoms with Crippen LogP contribution >= 0.6 is 0 Å². The average Bonchev–Trinajstić information content (AvgIpc) is 2.43. The van der Waals surface area contributed by atoms with Crippen LogP contribution in [0.15, 0.2) is 30.3 Å².